The molecule has 3 aromatic heterocycles. The van der Waals surface area contributed by atoms with Gasteiger partial charge >= 0.3 is 12.2 Å². The molecule has 3 aromatic rings. The lowest BCUT2D eigenvalue weighted by molar-refractivity contribution is -0.139. The molecule has 1 amide bonds. The summed E-state index contributed by atoms with van der Waals surface area (Å²) in [5.41, 5.74) is -1.64. The number of amides is 1. The number of alkyl halides is 3. The van der Waals surface area contributed by atoms with Gasteiger partial charge in [-0.25, -0.2) is 9.78 Å². The number of hydrogen-bond donors (Lipinski definition) is 1. The molecule has 0 saturated carbocycles. The number of carbonyl (C=O) groups is 1. The zero-order valence-electron chi connectivity index (χ0n) is 21.7. The average Bonchev–Trinajstić information content (AvgIpc) is 3.28. The molecule has 0 spiro atoms. The molecule has 0 fully saturated rings. The lowest BCUT2D eigenvalue weighted by Crippen LogP contribution is -2.36. The first-order valence-corrected chi connectivity index (χ1v) is 12.5. The monoisotopic (exact) mass is 575 g/mol. The van der Waals surface area contributed by atoms with Gasteiger partial charge in [-0.2, -0.15) is 28.2 Å². The third-order valence-electron chi connectivity index (χ3n) is 6.45. The Morgan fingerprint density at radius 3 is 2.77 bits per heavy atom. The molecule has 2 atom stereocenters. The van der Waals surface area contributed by atoms with Gasteiger partial charge in [0.05, 0.1) is 18.3 Å². The number of nitriles is 1. The average molecular weight is 576 g/mol. The van der Waals surface area contributed by atoms with Crippen LogP contribution in [0.15, 0.2) is 58.1 Å². The van der Waals surface area contributed by atoms with Gasteiger partial charge in [0.2, 0.25) is 0 Å². The summed E-state index contributed by atoms with van der Waals surface area (Å²) < 4.78 is 49.5. The number of aromatic nitrogens is 4. The van der Waals surface area contributed by atoms with Gasteiger partial charge in [-0.15, -0.1) is 0 Å². The lowest BCUT2D eigenvalue weighted by Gasteiger charge is -2.26. The Labute approximate surface area is 231 Å². The number of fused-ring (bicyclic) bond motifs is 1. The normalized spacial score (nSPS) is 17.2. The molecular formula is C26H25ClF3N7O3. The number of rotatable bonds is 7. The van der Waals surface area contributed by atoms with Gasteiger partial charge < -0.3 is 19.5 Å². The van der Waals surface area contributed by atoms with Crippen LogP contribution in [0.1, 0.15) is 18.2 Å². The highest BCUT2D eigenvalue weighted by Gasteiger charge is 2.38. The Hall–Kier alpha value is -4.15. The van der Waals surface area contributed by atoms with E-state index < -0.39 is 41.1 Å². The number of ether oxygens (including phenoxy) is 1. The number of nitrogens with one attached hydrogen (secondary N) is 1. The van der Waals surface area contributed by atoms with Crippen molar-refractivity contribution in [3.8, 4) is 11.8 Å². The van der Waals surface area contributed by atoms with Crippen LogP contribution in [0, 0.1) is 17.2 Å². The molecule has 1 N–H and O–H groups in total. The minimum Gasteiger partial charge on any atom is -0.479 e. The number of hydrogen-bond acceptors (Lipinski definition) is 7. The molecule has 1 aliphatic rings. The van der Waals surface area contributed by atoms with E-state index in [0.29, 0.717) is 18.5 Å². The minimum absolute atomic E-state index is 0.110. The second-order valence-electron chi connectivity index (χ2n) is 9.16. The lowest BCUT2D eigenvalue weighted by atomic mass is 9.91. The second-order valence-corrected chi connectivity index (χ2v) is 9.60. The Morgan fingerprint density at radius 2 is 2.10 bits per heavy atom. The third kappa shape index (κ3) is 5.73. The first-order valence-electron chi connectivity index (χ1n) is 12.1. The first kappa shape index (κ1) is 28.8. The molecule has 40 heavy (non-hydrogen) atoms. The molecule has 3 heterocycles. The van der Waals surface area contributed by atoms with Crippen LogP contribution in [0.2, 0.25) is 0 Å². The molecule has 0 saturated heterocycles. The SMILES string of the molecule is CNCCN(C)C(=O)n1nc(Cn2ccc(C(F)(F)F)c(OC3C=C(Cl)C=C(C#N)C3C)c2=O)c2cccnc21. The van der Waals surface area contributed by atoms with Crippen molar-refractivity contribution in [1.82, 2.24) is 29.5 Å². The molecule has 0 bridgehead atoms. The maximum atomic E-state index is 13.9. The van der Waals surface area contributed by atoms with Gasteiger partial charge in [-0.3, -0.25) is 4.79 Å². The summed E-state index contributed by atoms with van der Waals surface area (Å²) in [7, 11) is 3.35. The van der Waals surface area contributed by atoms with E-state index in [-0.39, 0.29) is 28.5 Å². The maximum absolute atomic E-state index is 13.9. The summed E-state index contributed by atoms with van der Waals surface area (Å²) in [6.07, 6.45) is -0.765. The summed E-state index contributed by atoms with van der Waals surface area (Å²) in [4.78, 5) is 32.2. The summed E-state index contributed by atoms with van der Waals surface area (Å²) in [5.74, 6) is -1.59. The van der Waals surface area contributed by atoms with Crippen molar-refractivity contribution in [1.29, 1.82) is 5.26 Å². The zero-order chi connectivity index (χ0) is 29.2. The van der Waals surface area contributed by atoms with E-state index in [2.05, 4.69) is 15.4 Å². The minimum atomic E-state index is -4.89. The molecule has 0 aromatic carbocycles. The highest BCUT2D eigenvalue weighted by Crippen LogP contribution is 2.36. The quantitative estimate of drug-likeness (QED) is 0.456. The van der Waals surface area contributed by atoms with Gasteiger partial charge in [-0.1, -0.05) is 18.5 Å². The molecule has 2 unspecified atom stereocenters. The van der Waals surface area contributed by atoms with E-state index in [4.69, 9.17) is 16.3 Å². The Morgan fingerprint density at radius 1 is 1.35 bits per heavy atom. The molecule has 210 valence electrons. The molecule has 0 aliphatic heterocycles. The molecule has 4 rings (SSSR count). The fourth-order valence-corrected chi connectivity index (χ4v) is 4.43. The van der Waals surface area contributed by atoms with Gasteiger partial charge in [0.15, 0.2) is 11.4 Å². The van der Waals surface area contributed by atoms with Crippen LogP contribution in [0.4, 0.5) is 18.0 Å². The molecule has 0 radical (unpaired) electrons. The Kier molecular flexibility index (Phi) is 8.32. The number of allylic oxidation sites excluding steroid dienone is 2. The molecular weight excluding hydrogens is 551 g/mol. The third-order valence-corrected chi connectivity index (χ3v) is 6.69. The first-order chi connectivity index (χ1) is 19.0. The van der Waals surface area contributed by atoms with Gasteiger partial charge in [0.25, 0.3) is 5.56 Å². The van der Waals surface area contributed by atoms with Crippen LogP contribution >= 0.6 is 11.6 Å². The smallest absolute Gasteiger partial charge is 0.420 e. The fourth-order valence-electron chi connectivity index (χ4n) is 4.19. The largest absolute Gasteiger partial charge is 0.479 e. The number of halogens is 4. The number of pyridine rings is 2. The van der Waals surface area contributed by atoms with Crippen molar-refractivity contribution in [3.05, 3.63) is 75.0 Å². The molecule has 14 heteroatoms. The number of nitrogens with zero attached hydrogens (tertiary/aromatic N) is 6. The highest BCUT2D eigenvalue weighted by atomic mass is 35.5. The van der Waals surface area contributed by atoms with Crippen LogP contribution in [0.25, 0.3) is 11.0 Å². The maximum Gasteiger partial charge on any atom is 0.420 e. The summed E-state index contributed by atoms with van der Waals surface area (Å²) >= 11 is 6.06. The van der Waals surface area contributed by atoms with Gasteiger partial charge in [0.1, 0.15) is 11.7 Å². The van der Waals surface area contributed by atoms with Crippen LogP contribution in [-0.2, 0) is 12.7 Å². The highest BCUT2D eigenvalue weighted by molar-refractivity contribution is 6.31. The standard InChI is InChI=1S/C26H25ClF3N7O3/c1-15-16(13-31)11-17(27)12-21(15)40-22-19(26(28,29)30)6-9-36(24(22)38)14-20-18-5-4-7-33-23(18)37(34-20)25(39)35(3)10-8-32-2/h4-7,9,11-12,15,21,32H,8,10,14H2,1-3H3. The van der Waals surface area contributed by atoms with Crippen molar-refractivity contribution in [2.75, 3.05) is 27.2 Å². The Bertz CT molecular complexity index is 1600. The number of carbonyl (C=O) groups excluding carboxylic acids is 1. The summed E-state index contributed by atoms with van der Waals surface area (Å²) in [5, 5.41) is 17.2. The van der Waals surface area contributed by atoms with Crippen molar-refractivity contribution < 1.29 is 22.7 Å². The number of likely N-dealkylation sites (N-methyl/N-ethyl adjacent to an activating group) is 2. The Balaban J connectivity index is 1.75. The second kappa shape index (κ2) is 11.5. The van der Waals surface area contributed by atoms with Crippen LogP contribution in [0.3, 0.4) is 0 Å². The molecule has 10 nitrogen and oxygen atoms in total. The van der Waals surface area contributed by atoms with E-state index in [0.717, 1.165) is 21.5 Å². The van der Waals surface area contributed by atoms with Gasteiger partial charge in [0, 0.05) is 54.4 Å². The van der Waals surface area contributed by atoms with E-state index in [1.165, 1.54) is 23.2 Å². The molecule has 1 aliphatic carbocycles. The predicted molar refractivity (Wildman–Crippen MR) is 141 cm³/mol. The zero-order valence-corrected chi connectivity index (χ0v) is 22.5. The topological polar surface area (TPSA) is 118 Å². The van der Waals surface area contributed by atoms with E-state index in [9.17, 15) is 28.0 Å². The van der Waals surface area contributed by atoms with Crippen molar-refractivity contribution in [3.63, 3.8) is 0 Å². The van der Waals surface area contributed by atoms with Crippen LogP contribution < -0.4 is 15.6 Å². The van der Waals surface area contributed by atoms with Crippen molar-refractivity contribution >= 4 is 28.7 Å². The summed E-state index contributed by atoms with van der Waals surface area (Å²) in [6, 6.07) is 5.50. The van der Waals surface area contributed by atoms with E-state index in [1.807, 2.05) is 6.07 Å². The fraction of sp³-hybridized carbons (Fsp3) is 0.346. The van der Waals surface area contributed by atoms with E-state index >= 15 is 0 Å². The van der Waals surface area contributed by atoms with Crippen LogP contribution in [0.5, 0.6) is 5.75 Å². The van der Waals surface area contributed by atoms with Crippen molar-refractivity contribution in [2.45, 2.75) is 25.7 Å². The predicted octanol–water partition coefficient (Wildman–Crippen LogP) is 3.75. The van der Waals surface area contributed by atoms with Crippen LogP contribution in [-0.4, -0.2) is 63.6 Å². The van der Waals surface area contributed by atoms with Gasteiger partial charge in [-0.05, 0) is 37.4 Å². The van der Waals surface area contributed by atoms with Crippen molar-refractivity contribution in [2.24, 2.45) is 5.92 Å². The van der Waals surface area contributed by atoms with E-state index in [1.54, 1.807) is 33.2 Å². The summed E-state index contributed by atoms with van der Waals surface area (Å²) in [6.45, 7) is 2.25.